The lowest BCUT2D eigenvalue weighted by Gasteiger charge is -2.03. The minimum Gasteiger partial charge on any atom is -0.179 e. The van der Waals surface area contributed by atoms with E-state index in [2.05, 4.69) is 50.5 Å². The van der Waals surface area contributed by atoms with Gasteiger partial charge in [-0.05, 0) is 37.2 Å². The molecule has 14 heavy (non-hydrogen) atoms. The highest BCUT2D eigenvalue weighted by Crippen LogP contribution is 2.27. The maximum atomic E-state index is 4.31. The molecule has 1 saturated carbocycles. The molecule has 0 spiro atoms. The summed E-state index contributed by atoms with van der Waals surface area (Å²) in [5, 5.41) is 1.15. The zero-order chi connectivity index (χ0) is 10.8. The fourth-order valence-corrected chi connectivity index (χ4v) is 2.43. The molecule has 0 radical (unpaired) electrons. The van der Waals surface area contributed by atoms with Crippen molar-refractivity contribution in [3.8, 4) is 0 Å². The van der Waals surface area contributed by atoms with Crippen molar-refractivity contribution in [1.82, 2.24) is 0 Å². The van der Waals surface area contributed by atoms with Gasteiger partial charge >= 0.3 is 0 Å². The molecule has 0 heterocycles. The number of thiol groups is 4. The molecule has 0 aromatic carbocycles. The van der Waals surface area contributed by atoms with Crippen molar-refractivity contribution in [2.24, 2.45) is 0 Å². The number of hydrogen-bond acceptors (Lipinski definition) is 4. The lowest BCUT2D eigenvalue weighted by Crippen LogP contribution is -2.04. The summed E-state index contributed by atoms with van der Waals surface area (Å²) < 4.78 is 0. The van der Waals surface area contributed by atoms with Crippen LogP contribution in [0.1, 0.15) is 38.5 Å². The molecule has 1 aliphatic rings. The Kier molecular flexibility index (Phi) is 12.0. The summed E-state index contributed by atoms with van der Waals surface area (Å²) in [4.78, 5) is 0. The van der Waals surface area contributed by atoms with Crippen molar-refractivity contribution in [2.75, 3.05) is 11.5 Å². The van der Waals surface area contributed by atoms with Gasteiger partial charge in [0.2, 0.25) is 0 Å². The summed E-state index contributed by atoms with van der Waals surface area (Å²) in [5.41, 5.74) is 0. The third-order valence-electron chi connectivity index (χ3n) is 2.26. The number of unbranched alkanes of at least 4 members (excludes halogenated alkanes) is 2. The van der Waals surface area contributed by atoms with Crippen LogP contribution in [0.25, 0.3) is 0 Å². The van der Waals surface area contributed by atoms with E-state index in [0.717, 1.165) is 11.5 Å². The molecule has 0 N–H and O–H groups in total. The summed E-state index contributed by atoms with van der Waals surface area (Å²) in [7, 11) is 0. The minimum absolute atomic E-state index is 0.573. The van der Waals surface area contributed by atoms with Gasteiger partial charge in [-0.2, -0.15) is 50.5 Å². The lowest BCUT2D eigenvalue weighted by atomic mass is 10.3. The van der Waals surface area contributed by atoms with Crippen molar-refractivity contribution < 1.29 is 0 Å². The van der Waals surface area contributed by atoms with Crippen LogP contribution < -0.4 is 0 Å². The van der Waals surface area contributed by atoms with E-state index in [1.807, 2.05) is 0 Å². The van der Waals surface area contributed by atoms with Crippen LogP contribution in [-0.4, -0.2) is 22.0 Å². The van der Waals surface area contributed by atoms with Crippen LogP contribution in [0, 0.1) is 0 Å². The first-order valence-corrected chi connectivity index (χ1v) is 7.60. The number of rotatable bonds is 4. The quantitative estimate of drug-likeness (QED) is 0.434. The molecule has 0 nitrogen and oxygen atoms in total. The predicted molar refractivity (Wildman–Crippen MR) is 81.0 cm³/mol. The van der Waals surface area contributed by atoms with Gasteiger partial charge in [-0.25, -0.2) is 0 Å². The maximum Gasteiger partial charge on any atom is 0.0133 e. The van der Waals surface area contributed by atoms with Gasteiger partial charge in [0.1, 0.15) is 0 Å². The van der Waals surface area contributed by atoms with E-state index in [9.17, 15) is 0 Å². The van der Waals surface area contributed by atoms with Crippen molar-refractivity contribution >= 4 is 50.5 Å². The van der Waals surface area contributed by atoms with Gasteiger partial charge in [0.05, 0.1) is 0 Å². The molecule has 0 aliphatic heterocycles. The second-order valence-corrected chi connectivity index (χ2v) is 5.79. The molecule has 1 fully saturated rings. The lowest BCUT2D eigenvalue weighted by molar-refractivity contribution is 0.788. The first kappa shape index (κ1) is 15.4. The van der Waals surface area contributed by atoms with E-state index in [4.69, 9.17) is 0 Å². The topological polar surface area (TPSA) is 0 Å². The first-order chi connectivity index (χ1) is 6.72. The van der Waals surface area contributed by atoms with Gasteiger partial charge in [0.15, 0.2) is 0 Å². The van der Waals surface area contributed by atoms with Crippen molar-refractivity contribution in [3.63, 3.8) is 0 Å². The normalized spacial score (nSPS) is 25.7. The Bertz CT molecular complexity index is 107. The summed E-state index contributed by atoms with van der Waals surface area (Å²) in [6, 6.07) is 0. The smallest absolute Gasteiger partial charge is 0.0133 e. The van der Waals surface area contributed by atoms with Crippen molar-refractivity contribution in [3.05, 3.63) is 0 Å². The van der Waals surface area contributed by atoms with Crippen molar-refractivity contribution in [2.45, 2.75) is 49.0 Å². The molecule has 0 saturated heterocycles. The monoisotopic (exact) mass is 270 g/mol. The molecule has 0 aromatic rings. The predicted octanol–water partition coefficient (Wildman–Crippen LogP) is 3.78. The van der Waals surface area contributed by atoms with E-state index < -0.39 is 0 Å². The second kappa shape index (κ2) is 10.9. The van der Waals surface area contributed by atoms with E-state index in [-0.39, 0.29) is 0 Å². The van der Waals surface area contributed by atoms with E-state index in [1.54, 1.807) is 0 Å². The Labute approximate surface area is 111 Å². The standard InChI is InChI=1S/C5H10S2.C5H12S2/c6-4-2-1-3-5(4)7;6-4-2-1-3-5-7/h4-7H,1-3H2;6-7H,1-5H2. The van der Waals surface area contributed by atoms with E-state index in [1.165, 1.54) is 38.5 Å². The van der Waals surface area contributed by atoms with Gasteiger partial charge in [-0.1, -0.05) is 12.8 Å². The van der Waals surface area contributed by atoms with Gasteiger partial charge in [0, 0.05) is 10.5 Å². The third-order valence-corrected chi connectivity index (χ3v) is 4.36. The second-order valence-electron chi connectivity index (χ2n) is 3.57. The molecular formula is C10H22S4. The molecule has 86 valence electrons. The molecule has 0 amide bonds. The highest BCUT2D eigenvalue weighted by atomic mass is 32.1. The van der Waals surface area contributed by atoms with Crippen LogP contribution >= 0.6 is 50.5 Å². The minimum atomic E-state index is 0.573. The fraction of sp³-hybridized carbons (Fsp3) is 1.00. The Morgan fingerprint density at radius 1 is 0.786 bits per heavy atom. The molecule has 2 unspecified atom stereocenters. The zero-order valence-corrected chi connectivity index (χ0v) is 12.2. The molecule has 4 heteroatoms. The average molecular weight is 271 g/mol. The SMILES string of the molecule is SC1CCCC1S.SCCCCCS. The largest absolute Gasteiger partial charge is 0.179 e. The molecule has 0 aromatic heterocycles. The first-order valence-electron chi connectivity index (χ1n) is 5.30. The molecule has 2 atom stereocenters. The summed E-state index contributed by atoms with van der Waals surface area (Å²) in [6.07, 6.45) is 7.61. The highest BCUT2D eigenvalue weighted by Gasteiger charge is 2.19. The Balaban J connectivity index is 0.000000241. The molecule has 1 rings (SSSR count). The number of hydrogen-bond donors (Lipinski definition) is 4. The summed E-state index contributed by atoms with van der Waals surface area (Å²) in [5.74, 6) is 2.04. The van der Waals surface area contributed by atoms with Crippen LogP contribution in [0.3, 0.4) is 0 Å². The van der Waals surface area contributed by atoms with Gasteiger partial charge in [-0.3, -0.25) is 0 Å². The Morgan fingerprint density at radius 2 is 1.21 bits per heavy atom. The average Bonchev–Trinajstić information content (AvgIpc) is 2.53. The van der Waals surface area contributed by atoms with Gasteiger partial charge in [0.25, 0.3) is 0 Å². The Morgan fingerprint density at radius 3 is 1.43 bits per heavy atom. The van der Waals surface area contributed by atoms with E-state index in [0.29, 0.717) is 10.5 Å². The van der Waals surface area contributed by atoms with Crippen LogP contribution in [-0.2, 0) is 0 Å². The van der Waals surface area contributed by atoms with Crippen LogP contribution in [0.4, 0.5) is 0 Å². The molecular weight excluding hydrogens is 248 g/mol. The summed E-state index contributed by atoms with van der Waals surface area (Å²) >= 11 is 16.8. The van der Waals surface area contributed by atoms with Gasteiger partial charge < -0.3 is 0 Å². The Hall–Kier alpha value is 1.40. The summed E-state index contributed by atoms with van der Waals surface area (Å²) in [6.45, 7) is 0. The van der Waals surface area contributed by atoms with Crippen molar-refractivity contribution in [1.29, 1.82) is 0 Å². The van der Waals surface area contributed by atoms with Crippen LogP contribution in [0.15, 0.2) is 0 Å². The highest BCUT2D eigenvalue weighted by molar-refractivity contribution is 7.85. The molecule has 0 bridgehead atoms. The third kappa shape index (κ3) is 8.69. The van der Waals surface area contributed by atoms with E-state index >= 15 is 0 Å². The van der Waals surface area contributed by atoms with Crippen LogP contribution in [0.5, 0.6) is 0 Å². The molecule has 1 aliphatic carbocycles. The van der Waals surface area contributed by atoms with Crippen LogP contribution in [0.2, 0.25) is 0 Å². The maximum absolute atomic E-state index is 4.31. The fourth-order valence-electron chi connectivity index (χ4n) is 1.32. The van der Waals surface area contributed by atoms with Gasteiger partial charge in [-0.15, -0.1) is 0 Å². The zero-order valence-electron chi connectivity index (χ0n) is 8.60.